The number of rotatable bonds is 6. The molecule has 0 saturated carbocycles. The van der Waals surface area contributed by atoms with Gasteiger partial charge in [0.15, 0.2) is 6.61 Å². The number of amides is 2. The Balaban J connectivity index is 1.55. The largest absolute Gasteiger partial charge is 0.482 e. The van der Waals surface area contributed by atoms with Crippen LogP contribution >= 0.6 is 11.6 Å². The highest BCUT2D eigenvalue weighted by Crippen LogP contribution is 2.35. The molecule has 3 aromatic carbocycles. The van der Waals surface area contributed by atoms with Gasteiger partial charge in [-0.2, -0.15) is 0 Å². The summed E-state index contributed by atoms with van der Waals surface area (Å²) in [5.41, 5.74) is 2.19. The van der Waals surface area contributed by atoms with Gasteiger partial charge in [0, 0.05) is 30.4 Å². The van der Waals surface area contributed by atoms with Gasteiger partial charge in [-0.25, -0.2) is 12.7 Å². The van der Waals surface area contributed by atoms with Crippen molar-refractivity contribution in [2.75, 3.05) is 30.9 Å². The topological polar surface area (TPSA) is 96.0 Å². The van der Waals surface area contributed by atoms with Gasteiger partial charge in [0.25, 0.3) is 11.8 Å². The van der Waals surface area contributed by atoms with Crippen molar-refractivity contribution in [2.24, 2.45) is 0 Å². The van der Waals surface area contributed by atoms with Crippen LogP contribution in [0, 0.1) is 0 Å². The Labute approximate surface area is 202 Å². The Morgan fingerprint density at radius 2 is 1.74 bits per heavy atom. The smallest absolute Gasteiger partial charge is 0.265 e. The maximum Gasteiger partial charge on any atom is 0.265 e. The van der Waals surface area contributed by atoms with E-state index in [2.05, 4.69) is 5.32 Å². The summed E-state index contributed by atoms with van der Waals surface area (Å²) in [4.78, 5) is 27.0. The molecule has 2 amide bonds. The van der Waals surface area contributed by atoms with Crippen LogP contribution in [0.25, 0.3) is 0 Å². The molecule has 34 heavy (non-hydrogen) atoms. The number of carbonyl (C=O) groups is 2. The van der Waals surface area contributed by atoms with Crippen LogP contribution in [0.2, 0.25) is 5.02 Å². The number of anilines is 2. The predicted molar refractivity (Wildman–Crippen MR) is 130 cm³/mol. The molecule has 0 atom stereocenters. The van der Waals surface area contributed by atoms with Crippen LogP contribution in [0.1, 0.15) is 15.9 Å². The number of carbonyl (C=O) groups excluding carboxylic acids is 2. The second-order valence-electron chi connectivity index (χ2n) is 7.84. The molecule has 0 fully saturated rings. The maximum atomic E-state index is 12.8. The first kappa shape index (κ1) is 23.7. The molecule has 176 valence electrons. The molecule has 8 nitrogen and oxygen atoms in total. The monoisotopic (exact) mass is 499 g/mol. The summed E-state index contributed by atoms with van der Waals surface area (Å²) in [6.45, 7) is 0.250. The average molecular weight is 500 g/mol. The number of hydrogen-bond donors (Lipinski definition) is 1. The van der Waals surface area contributed by atoms with E-state index in [1.54, 1.807) is 35.2 Å². The quantitative estimate of drug-likeness (QED) is 0.557. The molecular formula is C24H22ClN3O5S. The Morgan fingerprint density at radius 1 is 1.06 bits per heavy atom. The first-order valence-corrected chi connectivity index (χ1v) is 12.1. The van der Waals surface area contributed by atoms with Crippen molar-refractivity contribution in [1.29, 1.82) is 0 Å². The number of hydrogen-bond acceptors (Lipinski definition) is 5. The van der Waals surface area contributed by atoms with Crippen molar-refractivity contribution in [3.8, 4) is 5.75 Å². The zero-order chi connectivity index (χ0) is 24.5. The first-order chi connectivity index (χ1) is 16.1. The lowest BCUT2D eigenvalue weighted by Gasteiger charge is -2.30. The fourth-order valence-corrected chi connectivity index (χ4v) is 4.45. The zero-order valence-corrected chi connectivity index (χ0v) is 20.1. The maximum absolute atomic E-state index is 12.8. The molecule has 0 saturated heterocycles. The minimum Gasteiger partial charge on any atom is -0.482 e. The fraction of sp³-hybridized carbons (Fsp3) is 0.167. The number of halogens is 1. The van der Waals surface area contributed by atoms with E-state index in [4.69, 9.17) is 16.3 Å². The normalized spacial score (nSPS) is 13.4. The van der Waals surface area contributed by atoms with Crippen molar-refractivity contribution in [1.82, 2.24) is 4.31 Å². The predicted octanol–water partition coefficient (Wildman–Crippen LogP) is 3.77. The van der Waals surface area contributed by atoms with E-state index in [1.807, 2.05) is 12.1 Å². The van der Waals surface area contributed by atoms with E-state index in [-0.39, 0.29) is 17.4 Å². The van der Waals surface area contributed by atoms with E-state index in [9.17, 15) is 18.0 Å². The first-order valence-electron chi connectivity index (χ1n) is 10.3. The third kappa shape index (κ3) is 4.91. The molecule has 0 unspecified atom stereocenters. The number of nitrogens with one attached hydrogen (secondary N) is 1. The number of sulfonamides is 1. The number of nitrogens with zero attached hydrogens (tertiary/aromatic N) is 2. The molecule has 0 bridgehead atoms. The number of benzene rings is 3. The van der Waals surface area contributed by atoms with Gasteiger partial charge in [0.1, 0.15) is 5.75 Å². The molecule has 0 aliphatic carbocycles. The SMILES string of the molecule is CN(C)S(=O)(=O)c1ccc(C(=O)Nc2ccc3c(c2)N(Cc2ccc(Cl)cc2)C(=O)CO3)cc1. The van der Waals surface area contributed by atoms with Crippen LogP contribution in [0.15, 0.2) is 71.6 Å². The second-order valence-corrected chi connectivity index (χ2v) is 10.4. The van der Waals surface area contributed by atoms with E-state index in [0.717, 1.165) is 9.87 Å². The lowest BCUT2D eigenvalue weighted by Crippen LogP contribution is -2.38. The Hall–Kier alpha value is -3.40. The van der Waals surface area contributed by atoms with E-state index >= 15 is 0 Å². The second kappa shape index (κ2) is 9.46. The van der Waals surface area contributed by atoms with E-state index < -0.39 is 15.9 Å². The molecule has 1 heterocycles. The molecule has 4 rings (SSSR count). The summed E-state index contributed by atoms with van der Waals surface area (Å²) < 4.78 is 31.1. The fourth-order valence-electron chi connectivity index (χ4n) is 3.42. The summed E-state index contributed by atoms with van der Waals surface area (Å²) in [5, 5.41) is 3.39. The van der Waals surface area contributed by atoms with Crippen LogP contribution in [-0.4, -0.2) is 45.2 Å². The third-order valence-corrected chi connectivity index (χ3v) is 7.39. The van der Waals surface area contributed by atoms with Gasteiger partial charge in [0.05, 0.1) is 17.1 Å². The molecule has 1 aliphatic heterocycles. The summed E-state index contributed by atoms with van der Waals surface area (Å²) >= 11 is 5.96. The molecule has 1 aliphatic rings. The van der Waals surface area contributed by atoms with Crippen molar-refractivity contribution >= 4 is 44.8 Å². The lowest BCUT2D eigenvalue weighted by molar-refractivity contribution is -0.121. The molecule has 0 aromatic heterocycles. The minimum atomic E-state index is -3.59. The standard InChI is InChI=1S/C24H22ClN3O5S/c1-27(2)34(31,32)20-10-5-17(6-11-20)24(30)26-19-9-12-22-21(13-19)28(23(29)15-33-22)14-16-3-7-18(25)8-4-16/h3-13H,14-15H2,1-2H3,(H,26,30). The summed E-state index contributed by atoms with van der Waals surface area (Å²) in [5.74, 6) is -0.0884. The van der Waals surface area contributed by atoms with Gasteiger partial charge < -0.3 is 15.0 Å². The van der Waals surface area contributed by atoms with Crippen LogP contribution < -0.4 is 15.0 Å². The van der Waals surface area contributed by atoms with Crippen molar-refractivity contribution in [3.05, 3.63) is 82.9 Å². The zero-order valence-electron chi connectivity index (χ0n) is 18.5. The molecule has 0 spiro atoms. The van der Waals surface area contributed by atoms with Crippen LogP contribution in [0.5, 0.6) is 5.75 Å². The molecule has 3 aromatic rings. The van der Waals surface area contributed by atoms with Gasteiger partial charge in [-0.15, -0.1) is 0 Å². The van der Waals surface area contributed by atoms with Gasteiger partial charge in [-0.1, -0.05) is 23.7 Å². The Bertz CT molecular complexity index is 1340. The number of fused-ring (bicyclic) bond motifs is 1. The molecule has 1 N–H and O–H groups in total. The van der Waals surface area contributed by atoms with Gasteiger partial charge in [-0.05, 0) is 60.2 Å². The van der Waals surface area contributed by atoms with Crippen molar-refractivity contribution < 1.29 is 22.7 Å². The molecular weight excluding hydrogens is 478 g/mol. The highest BCUT2D eigenvalue weighted by atomic mass is 35.5. The minimum absolute atomic E-state index is 0.0749. The lowest BCUT2D eigenvalue weighted by atomic mass is 10.1. The van der Waals surface area contributed by atoms with Gasteiger partial charge in [-0.3, -0.25) is 9.59 Å². The Kier molecular flexibility index (Phi) is 6.60. The number of ether oxygens (including phenoxy) is 1. The Morgan fingerprint density at radius 3 is 2.38 bits per heavy atom. The van der Waals surface area contributed by atoms with E-state index in [1.165, 1.54) is 38.4 Å². The average Bonchev–Trinajstić information content (AvgIpc) is 2.82. The van der Waals surface area contributed by atoms with Gasteiger partial charge >= 0.3 is 0 Å². The highest BCUT2D eigenvalue weighted by Gasteiger charge is 2.26. The van der Waals surface area contributed by atoms with Crippen LogP contribution in [0.4, 0.5) is 11.4 Å². The summed E-state index contributed by atoms with van der Waals surface area (Å²) in [7, 11) is -0.703. The van der Waals surface area contributed by atoms with Gasteiger partial charge in [0.2, 0.25) is 10.0 Å². The summed E-state index contributed by atoms with van der Waals surface area (Å²) in [6, 6.07) is 17.9. The van der Waals surface area contributed by atoms with E-state index in [0.29, 0.717) is 34.3 Å². The molecule has 10 heteroatoms. The summed E-state index contributed by atoms with van der Waals surface area (Å²) in [6.07, 6.45) is 0. The van der Waals surface area contributed by atoms with Crippen molar-refractivity contribution in [2.45, 2.75) is 11.4 Å². The van der Waals surface area contributed by atoms with Crippen LogP contribution in [0.3, 0.4) is 0 Å². The highest BCUT2D eigenvalue weighted by molar-refractivity contribution is 7.89. The van der Waals surface area contributed by atoms with Crippen molar-refractivity contribution in [3.63, 3.8) is 0 Å². The van der Waals surface area contributed by atoms with Crippen LogP contribution in [-0.2, 0) is 21.4 Å². The molecule has 0 radical (unpaired) electrons. The third-order valence-electron chi connectivity index (χ3n) is 5.31.